The van der Waals surface area contributed by atoms with Gasteiger partial charge < -0.3 is 5.73 Å². The molecule has 0 aliphatic rings. The van der Waals surface area contributed by atoms with Gasteiger partial charge in [-0.25, -0.2) is 0 Å². The number of halogens is 2. The minimum absolute atomic E-state index is 0. The average molecular weight is 212 g/mol. The molecule has 0 aromatic carbocycles. The van der Waals surface area contributed by atoms with Crippen molar-refractivity contribution in [2.24, 2.45) is 0 Å². The molecule has 2 N–H and O–H groups in total. The summed E-state index contributed by atoms with van der Waals surface area (Å²) in [4.78, 5) is 1.25. The van der Waals surface area contributed by atoms with E-state index in [1.54, 1.807) is 11.3 Å². The van der Waals surface area contributed by atoms with Crippen molar-refractivity contribution in [1.29, 1.82) is 0 Å². The van der Waals surface area contributed by atoms with Gasteiger partial charge in [0.15, 0.2) is 0 Å². The number of hydrogen-bond acceptors (Lipinski definition) is 2. The molecule has 1 rings (SSSR count). The number of thiophene rings is 1. The zero-order chi connectivity index (χ0) is 7.72. The fraction of sp³-hybridized carbons (Fsp3) is 0.429. The van der Waals surface area contributed by atoms with Crippen LogP contribution in [-0.2, 0) is 0 Å². The molecule has 0 amide bonds. The molecule has 0 radical (unpaired) electrons. The molecule has 1 aromatic rings. The largest absolute Gasteiger partial charge is 0.397 e. The van der Waals surface area contributed by atoms with Crippen LogP contribution >= 0.6 is 35.3 Å². The first-order valence-electron chi connectivity index (χ1n) is 3.16. The van der Waals surface area contributed by atoms with Gasteiger partial charge >= 0.3 is 0 Å². The Kier molecular flexibility index (Phi) is 4.22. The van der Waals surface area contributed by atoms with Gasteiger partial charge in [-0.3, -0.25) is 0 Å². The Morgan fingerprint density at radius 2 is 2.09 bits per heavy atom. The van der Waals surface area contributed by atoms with Crippen LogP contribution in [0.1, 0.15) is 24.6 Å². The van der Waals surface area contributed by atoms with Crippen molar-refractivity contribution in [3.05, 3.63) is 15.3 Å². The normalized spacial score (nSPS) is 9.82. The summed E-state index contributed by atoms with van der Waals surface area (Å²) in [5.41, 5.74) is 6.26. The van der Waals surface area contributed by atoms with E-state index in [2.05, 4.69) is 13.8 Å². The van der Waals surface area contributed by atoms with E-state index < -0.39 is 0 Å². The van der Waals surface area contributed by atoms with E-state index in [4.69, 9.17) is 17.3 Å². The summed E-state index contributed by atoms with van der Waals surface area (Å²) in [6.07, 6.45) is 0. The maximum absolute atomic E-state index is 5.77. The van der Waals surface area contributed by atoms with Crippen molar-refractivity contribution < 1.29 is 0 Å². The van der Waals surface area contributed by atoms with Gasteiger partial charge in [0.25, 0.3) is 0 Å². The first-order valence-corrected chi connectivity index (χ1v) is 4.35. The molecular formula is C7H11Cl2NS. The molecule has 0 unspecified atom stereocenters. The van der Waals surface area contributed by atoms with E-state index in [-0.39, 0.29) is 12.4 Å². The number of nitrogen functional groups attached to an aromatic ring is 1. The molecule has 0 saturated carbocycles. The molecule has 64 valence electrons. The van der Waals surface area contributed by atoms with Crippen LogP contribution in [0.3, 0.4) is 0 Å². The quantitative estimate of drug-likeness (QED) is 0.757. The highest BCUT2D eigenvalue weighted by molar-refractivity contribution is 7.17. The molecule has 0 aliphatic heterocycles. The summed E-state index contributed by atoms with van der Waals surface area (Å²) >= 11 is 7.33. The van der Waals surface area contributed by atoms with Gasteiger partial charge in [-0.15, -0.1) is 23.7 Å². The predicted molar refractivity (Wildman–Crippen MR) is 55.1 cm³/mol. The topological polar surface area (TPSA) is 26.0 Å². The molecule has 4 heteroatoms. The zero-order valence-electron chi connectivity index (χ0n) is 6.43. The third-order valence-corrected chi connectivity index (χ3v) is 2.99. The second kappa shape index (κ2) is 4.19. The van der Waals surface area contributed by atoms with E-state index in [0.29, 0.717) is 15.9 Å². The maximum Gasteiger partial charge on any atom is 0.116 e. The lowest BCUT2D eigenvalue weighted by Gasteiger charge is -1.95. The molecule has 1 nitrogen and oxygen atoms in total. The Labute approximate surface area is 82.0 Å². The van der Waals surface area contributed by atoms with Crippen molar-refractivity contribution in [2.75, 3.05) is 5.73 Å². The molecular weight excluding hydrogens is 201 g/mol. The van der Waals surface area contributed by atoms with Crippen molar-refractivity contribution in [2.45, 2.75) is 19.8 Å². The van der Waals surface area contributed by atoms with Crippen LogP contribution in [0.2, 0.25) is 4.34 Å². The molecule has 11 heavy (non-hydrogen) atoms. The number of anilines is 1. The lowest BCUT2D eigenvalue weighted by molar-refractivity contribution is 0.890. The Morgan fingerprint density at radius 3 is 2.27 bits per heavy atom. The fourth-order valence-electron chi connectivity index (χ4n) is 0.686. The van der Waals surface area contributed by atoms with E-state index in [9.17, 15) is 0 Å². The van der Waals surface area contributed by atoms with Crippen LogP contribution in [0.15, 0.2) is 6.07 Å². The van der Waals surface area contributed by atoms with Gasteiger partial charge in [0.2, 0.25) is 0 Å². The van der Waals surface area contributed by atoms with Crippen LogP contribution in [-0.4, -0.2) is 0 Å². The summed E-state index contributed by atoms with van der Waals surface area (Å²) in [5, 5.41) is 0. The highest BCUT2D eigenvalue weighted by atomic mass is 35.5. The summed E-state index contributed by atoms with van der Waals surface area (Å²) in [7, 11) is 0. The van der Waals surface area contributed by atoms with Crippen LogP contribution in [0, 0.1) is 0 Å². The molecule has 0 saturated heterocycles. The first kappa shape index (κ1) is 11.1. The Morgan fingerprint density at radius 1 is 1.55 bits per heavy atom. The summed E-state index contributed by atoms with van der Waals surface area (Å²) in [5.74, 6) is 0.528. The highest BCUT2D eigenvalue weighted by Crippen LogP contribution is 2.33. The van der Waals surface area contributed by atoms with E-state index in [0.717, 1.165) is 0 Å². The van der Waals surface area contributed by atoms with E-state index >= 15 is 0 Å². The van der Waals surface area contributed by atoms with Gasteiger partial charge in [-0.2, -0.15) is 0 Å². The average Bonchev–Trinajstić information content (AvgIpc) is 2.13. The molecule has 0 bridgehead atoms. The van der Waals surface area contributed by atoms with Gasteiger partial charge in [-0.05, 0) is 12.0 Å². The molecule has 0 atom stereocenters. The van der Waals surface area contributed by atoms with Crippen LogP contribution < -0.4 is 5.73 Å². The Bertz CT molecular complexity index is 213. The summed E-state index contributed by atoms with van der Waals surface area (Å²) < 4.78 is 0.712. The van der Waals surface area contributed by atoms with E-state index in [1.165, 1.54) is 4.88 Å². The van der Waals surface area contributed by atoms with Crippen LogP contribution in [0.25, 0.3) is 0 Å². The smallest absolute Gasteiger partial charge is 0.116 e. The highest BCUT2D eigenvalue weighted by Gasteiger charge is 2.05. The number of nitrogens with two attached hydrogens (primary N) is 1. The first-order chi connectivity index (χ1) is 4.61. The van der Waals surface area contributed by atoms with Crippen LogP contribution in [0.4, 0.5) is 5.69 Å². The van der Waals surface area contributed by atoms with Gasteiger partial charge in [-0.1, -0.05) is 25.4 Å². The van der Waals surface area contributed by atoms with Gasteiger partial charge in [0.05, 0.1) is 5.69 Å². The predicted octanol–water partition coefficient (Wildman–Crippen LogP) is 3.53. The molecule has 0 spiro atoms. The lowest BCUT2D eigenvalue weighted by Crippen LogP contribution is -1.81. The Balaban J connectivity index is 0.000001000. The molecule has 0 aliphatic carbocycles. The Hall–Kier alpha value is 0.0800. The standard InChI is InChI=1S/C7H10ClNS.ClH/c1-4(2)6-3-5(9)7(8)10-6;/h3-4H,9H2,1-2H3;1H. The molecule has 1 aromatic heterocycles. The fourth-order valence-corrected chi connectivity index (χ4v) is 1.81. The van der Waals surface area contributed by atoms with Crippen molar-refractivity contribution in [1.82, 2.24) is 0 Å². The minimum Gasteiger partial charge on any atom is -0.397 e. The summed E-state index contributed by atoms with van der Waals surface area (Å²) in [6, 6.07) is 1.94. The lowest BCUT2D eigenvalue weighted by atomic mass is 10.2. The third kappa shape index (κ3) is 2.55. The maximum atomic E-state index is 5.77. The molecule has 0 fully saturated rings. The van der Waals surface area contributed by atoms with E-state index in [1.807, 2.05) is 6.07 Å². The van der Waals surface area contributed by atoms with Crippen molar-refractivity contribution in [3.8, 4) is 0 Å². The van der Waals surface area contributed by atoms with Crippen molar-refractivity contribution >= 4 is 41.0 Å². The van der Waals surface area contributed by atoms with Gasteiger partial charge in [0.1, 0.15) is 4.34 Å². The number of hydrogen-bond donors (Lipinski definition) is 1. The van der Waals surface area contributed by atoms with Crippen LogP contribution in [0.5, 0.6) is 0 Å². The second-order valence-electron chi connectivity index (χ2n) is 2.53. The third-order valence-electron chi connectivity index (χ3n) is 1.30. The zero-order valence-corrected chi connectivity index (χ0v) is 8.82. The second-order valence-corrected chi connectivity index (χ2v) is 4.22. The minimum atomic E-state index is 0. The van der Waals surface area contributed by atoms with Gasteiger partial charge in [0, 0.05) is 4.88 Å². The van der Waals surface area contributed by atoms with Crippen molar-refractivity contribution in [3.63, 3.8) is 0 Å². The SMILES string of the molecule is CC(C)c1cc(N)c(Cl)s1.Cl. The summed E-state index contributed by atoms with van der Waals surface area (Å²) in [6.45, 7) is 4.25. The molecule has 1 heterocycles. The monoisotopic (exact) mass is 211 g/mol. The number of rotatable bonds is 1.